The van der Waals surface area contributed by atoms with Gasteiger partial charge in [-0.2, -0.15) is 0 Å². The summed E-state index contributed by atoms with van der Waals surface area (Å²) in [5, 5.41) is 0. The van der Waals surface area contributed by atoms with Gasteiger partial charge in [0.05, 0.1) is 22.8 Å². The summed E-state index contributed by atoms with van der Waals surface area (Å²) >= 11 is 3.19. The maximum Gasteiger partial charge on any atom is 0.218 e. The Morgan fingerprint density at radius 1 is 1.57 bits per heavy atom. The Labute approximate surface area is 89.8 Å². The molecule has 1 atom stereocenters. The lowest BCUT2D eigenvalue weighted by atomic mass is 10.2. The van der Waals surface area contributed by atoms with Crippen LogP contribution in [-0.2, 0) is 4.74 Å². The maximum absolute atomic E-state index is 11.3. The van der Waals surface area contributed by atoms with E-state index in [0.717, 1.165) is 13.0 Å². The van der Waals surface area contributed by atoms with Crippen molar-refractivity contribution in [3.05, 3.63) is 27.1 Å². The van der Waals surface area contributed by atoms with Gasteiger partial charge in [-0.1, -0.05) is 0 Å². The number of halogens is 1. The molecule has 2 N–H and O–H groups in total. The summed E-state index contributed by atoms with van der Waals surface area (Å²) in [7, 11) is 0. The predicted octanol–water partition coefficient (Wildman–Crippen LogP) is 1.15. The summed E-state index contributed by atoms with van der Waals surface area (Å²) in [6.45, 7) is 1.46. The number of hydrogen-bond donors (Lipinski definition) is 1. The molecule has 4 nitrogen and oxygen atoms in total. The molecule has 1 aliphatic heterocycles. The highest BCUT2D eigenvalue weighted by Gasteiger charge is 2.17. The first-order valence-corrected chi connectivity index (χ1v) is 5.22. The molecule has 0 amide bonds. The van der Waals surface area contributed by atoms with E-state index in [4.69, 9.17) is 10.5 Å². The minimum Gasteiger partial charge on any atom is -0.394 e. The van der Waals surface area contributed by atoms with Gasteiger partial charge in [0.1, 0.15) is 0 Å². The Hall–Kier alpha value is -0.810. The minimum absolute atomic E-state index is 0.153. The molecule has 76 valence electrons. The van der Waals surface area contributed by atoms with Gasteiger partial charge in [-0.15, -0.1) is 0 Å². The molecule has 0 bridgehead atoms. The molecule has 1 fully saturated rings. The third kappa shape index (κ3) is 1.69. The van der Waals surface area contributed by atoms with Crippen molar-refractivity contribution in [2.45, 2.75) is 12.5 Å². The van der Waals surface area contributed by atoms with Gasteiger partial charge in [-0.25, -0.2) is 0 Å². The fraction of sp³-hybridized carbons (Fsp3) is 0.444. The Balaban J connectivity index is 2.39. The lowest BCUT2D eigenvalue weighted by Crippen LogP contribution is -2.16. The van der Waals surface area contributed by atoms with Gasteiger partial charge >= 0.3 is 0 Å². The number of aromatic nitrogens is 1. The lowest BCUT2D eigenvalue weighted by Gasteiger charge is -2.13. The van der Waals surface area contributed by atoms with Crippen LogP contribution in [-0.4, -0.2) is 17.8 Å². The number of ether oxygens (including phenoxy) is 1. The van der Waals surface area contributed by atoms with Crippen molar-refractivity contribution < 1.29 is 4.74 Å². The molecule has 1 aromatic rings. The van der Waals surface area contributed by atoms with Gasteiger partial charge in [-0.05, 0) is 22.4 Å². The smallest absolute Gasteiger partial charge is 0.218 e. The van der Waals surface area contributed by atoms with Gasteiger partial charge in [0.25, 0.3) is 0 Å². The van der Waals surface area contributed by atoms with Crippen LogP contribution in [0.5, 0.6) is 0 Å². The molecule has 14 heavy (non-hydrogen) atoms. The Bertz CT molecular complexity index is 370. The second-order valence-electron chi connectivity index (χ2n) is 3.36. The topological polar surface area (TPSA) is 57.2 Å². The van der Waals surface area contributed by atoms with E-state index in [-0.39, 0.29) is 11.1 Å². The average Bonchev–Trinajstić information content (AvgIpc) is 2.66. The zero-order valence-corrected chi connectivity index (χ0v) is 9.16. The normalized spacial score (nSPS) is 21.4. The number of nitrogens with two attached hydrogens (primary N) is 1. The van der Waals surface area contributed by atoms with E-state index in [1.54, 1.807) is 12.4 Å². The van der Waals surface area contributed by atoms with Gasteiger partial charge in [-0.3, -0.25) is 4.79 Å². The van der Waals surface area contributed by atoms with Gasteiger partial charge in [0, 0.05) is 19.0 Å². The summed E-state index contributed by atoms with van der Waals surface area (Å²) in [4.78, 5) is 11.3. The Morgan fingerprint density at radius 3 is 2.93 bits per heavy atom. The monoisotopic (exact) mass is 258 g/mol. The first-order valence-electron chi connectivity index (χ1n) is 4.43. The molecule has 5 heteroatoms. The molecule has 0 aliphatic carbocycles. The highest BCUT2D eigenvalue weighted by Crippen LogP contribution is 2.20. The lowest BCUT2D eigenvalue weighted by molar-refractivity contribution is 0.186. The van der Waals surface area contributed by atoms with E-state index in [0.29, 0.717) is 17.1 Å². The van der Waals surface area contributed by atoms with Gasteiger partial charge in [0.2, 0.25) is 5.43 Å². The Morgan fingerprint density at radius 2 is 2.36 bits per heavy atom. The zero-order chi connectivity index (χ0) is 10.1. The van der Waals surface area contributed by atoms with Crippen LogP contribution in [0.4, 0.5) is 5.69 Å². The summed E-state index contributed by atoms with van der Waals surface area (Å²) in [6.07, 6.45) is 4.40. The van der Waals surface area contributed by atoms with Crippen LogP contribution in [0.3, 0.4) is 0 Å². The van der Waals surface area contributed by atoms with Crippen LogP contribution in [0.25, 0.3) is 0 Å². The van der Waals surface area contributed by atoms with Crippen LogP contribution in [0, 0.1) is 0 Å². The van der Waals surface area contributed by atoms with Crippen molar-refractivity contribution in [1.82, 2.24) is 4.57 Å². The first kappa shape index (κ1) is 9.73. The molecule has 0 saturated carbocycles. The molecule has 0 aromatic carbocycles. The largest absolute Gasteiger partial charge is 0.394 e. The second-order valence-corrected chi connectivity index (χ2v) is 4.21. The molecule has 1 saturated heterocycles. The number of hydrogen-bond acceptors (Lipinski definition) is 3. The standard InChI is InChI=1S/C9H11BrN2O2/c10-7-3-12(4-8(11)9(7)13)6-1-2-14-5-6/h3-4,6H,1-2,5,11H2. The fourth-order valence-corrected chi connectivity index (χ4v) is 2.02. The third-order valence-electron chi connectivity index (χ3n) is 2.36. The van der Waals surface area contributed by atoms with Crippen molar-refractivity contribution in [3.8, 4) is 0 Å². The molecule has 1 aromatic heterocycles. The summed E-state index contributed by atoms with van der Waals surface area (Å²) in [5.41, 5.74) is 5.70. The molecular formula is C9H11BrN2O2. The van der Waals surface area contributed by atoms with Crippen molar-refractivity contribution >= 4 is 21.6 Å². The Kier molecular flexibility index (Phi) is 2.60. The average molecular weight is 259 g/mol. The molecule has 1 aliphatic rings. The van der Waals surface area contributed by atoms with E-state index in [9.17, 15) is 4.79 Å². The van der Waals surface area contributed by atoms with E-state index < -0.39 is 0 Å². The molecule has 0 spiro atoms. The maximum atomic E-state index is 11.3. The van der Waals surface area contributed by atoms with Crippen molar-refractivity contribution in [2.75, 3.05) is 18.9 Å². The molecule has 2 rings (SSSR count). The van der Waals surface area contributed by atoms with Crippen LogP contribution in [0.1, 0.15) is 12.5 Å². The first-order chi connectivity index (χ1) is 6.68. The number of anilines is 1. The summed E-state index contributed by atoms with van der Waals surface area (Å²) in [5.74, 6) is 0. The van der Waals surface area contributed by atoms with Crippen molar-refractivity contribution in [1.29, 1.82) is 0 Å². The summed E-state index contributed by atoms with van der Waals surface area (Å²) < 4.78 is 7.71. The molecule has 0 radical (unpaired) electrons. The second kappa shape index (κ2) is 3.74. The van der Waals surface area contributed by atoms with E-state index in [1.165, 1.54) is 0 Å². The molecule has 2 heterocycles. The van der Waals surface area contributed by atoms with Gasteiger partial charge in [0.15, 0.2) is 0 Å². The van der Waals surface area contributed by atoms with Crippen molar-refractivity contribution in [2.24, 2.45) is 0 Å². The van der Waals surface area contributed by atoms with E-state index >= 15 is 0 Å². The minimum atomic E-state index is -0.153. The number of pyridine rings is 1. The van der Waals surface area contributed by atoms with Crippen LogP contribution >= 0.6 is 15.9 Å². The number of nitrogens with zero attached hydrogens (tertiary/aromatic N) is 1. The highest BCUT2D eigenvalue weighted by molar-refractivity contribution is 9.10. The number of nitrogen functional groups attached to an aromatic ring is 1. The van der Waals surface area contributed by atoms with Crippen molar-refractivity contribution in [3.63, 3.8) is 0 Å². The molecular weight excluding hydrogens is 248 g/mol. The molecule has 1 unspecified atom stereocenters. The quantitative estimate of drug-likeness (QED) is 0.823. The van der Waals surface area contributed by atoms with Gasteiger partial charge < -0.3 is 15.0 Å². The van der Waals surface area contributed by atoms with Crippen LogP contribution in [0.15, 0.2) is 21.7 Å². The van der Waals surface area contributed by atoms with Crippen LogP contribution in [0.2, 0.25) is 0 Å². The van der Waals surface area contributed by atoms with E-state index in [2.05, 4.69) is 15.9 Å². The van der Waals surface area contributed by atoms with E-state index in [1.807, 2.05) is 4.57 Å². The van der Waals surface area contributed by atoms with Crippen LogP contribution < -0.4 is 11.2 Å². The zero-order valence-electron chi connectivity index (χ0n) is 7.57. The predicted molar refractivity (Wildman–Crippen MR) is 57.3 cm³/mol. The fourth-order valence-electron chi connectivity index (χ4n) is 1.55. The highest BCUT2D eigenvalue weighted by atomic mass is 79.9. The SMILES string of the molecule is Nc1cn(C2CCOC2)cc(Br)c1=O. The third-order valence-corrected chi connectivity index (χ3v) is 2.92. The summed E-state index contributed by atoms with van der Waals surface area (Å²) in [6, 6.07) is 0.300. The number of rotatable bonds is 1.